The summed E-state index contributed by atoms with van der Waals surface area (Å²) in [5, 5.41) is 23.5. The van der Waals surface area contributed by atoms with Gasteiger partial charge in [-0.05, 0) is 42.0 Å². The first-order valence-electron chi connectivity index (χ1n) is 7.55. The number of benzene rings is 1. The molecule has 1 unspecified atom stereocenters. The van der Waals surface area contributed by atoms with Crippen LogP contribution in [0.4, 0.5) is 0 Å². The maximum Gasteiger partial charge on any atom is 0.313 e. The molecule has 0 amide bonds. The van der Waals surface area contributed by atoms with Gasteiger partial charge in [0.1, 0.15) is 11.7 Å². The summed E-state index contributed by atoms with van der Waals surface area (Å²) in [5.74, 6) is -1.13. The van der Waals surface area contributed by atoms with Gasteiger partial charge in [0.15, 0.2) is 0 Å². The lowest BCUT2D eigenvalue weighted by atomic mass is 9.73. The lowest BCUT2D eigenvalue weighted by molar-refractivity contribution is -0.147. The topological polar surface area (TPSA) is 66.8 Å². The Hall–Kier alpha value is -1.59. The molecular weight excluding hydrogens is 300 g/mol. The van der Waals surface area contributed by atoms with E-state index in [0.29, 0.717) is 24.2 Å². The number of carboxylic acid groups (broad SMARTS) is 1. The van der Waals surface area contributed by atoms with Crippen LogP contribution < -0.4 is 4.74 Å². The van der Waals surface area contributed by atoms with E-state index in [-0.39, 0.29) is 0 Å². The molecule has 0 spiro atoms. The number of carboxylic acids is 1. The minimum atomic E-state index is -1.15. The molecule has 1 aromatic heterocycles. The van der Waals surface area contributed by atoms with Gasteiger partial charge in [0.05, 0.1) is 12.7 Å². The van der Waals surface area contributed by atoms with Gasteiger partial charge in [-0.15, -0.1) is 11.3 Å². The fourth-order valence-corrected chi connectivity index (χ4v) is 4.45. The molecular formula is C17H20O4S. The summed E-state index contributed by atoms with van der Waals surface area (Å²) in [7, 11) is 1.59. The van der Waals surface area contributed by atoms with E-state index in [2.05, 4.69) is 0 Å². The number of carbonyl (C=O) groups is 1. The van der Waals surface area contributed by atoms with Crippen LogP contribution >= 0.6 is 11.3 Å². The lowest BCUT2D eigenvalue weighted by Crippen LogP contribution is -2.42. The van der Waals surface area contributed by atoms with E-state index >= 15 is 0 Å². The van der Waals surface area contributed by atoms with Crippen molar-refractivity contribution < 1.29 is 19.7 Å². The largest absolute Gasteiger partial charge is 0.497 e. The first-order chi connectivity index (χ1) is 10.5. The zero-order valence-corrected chi connectivity index (χ0v) is 13.4. The predicted molar refractivity (Wildman–Crippen MR) is 86.8 cm³/mol. The van der Waals surface area contributed by atoms with Crippen LogP contribution in [0.2, 0.25) is 0 Å². The van der Waals surface area contributed by atoms with E-state index in [0.717, 1.165) is 29.3 Å². The highest BCUT2D eigenvalue weighted by Gasteiger charge is 2.44. The predicted octanol–water partition coefficient (Wildman–Crippen LogP) is 3.77. The molecule has 1 atom stereocenters. The first kappa shape index (κ1) is 15.3. The summed E-state index contributed by atoms with van der Waals surface area (Å²) in [5.41, 5.74) is -0.447. The number of aliphatic carboxylic acids is 1. The van der Waals surface area contributed by atoms with Gasteiger partial charge >= 0.3 is 5.97 Å². The molecule has 0 aliphatic heterocycles. The van der Waals surface area contributed by atoms with Crippen LogP contribution in [-0.4, -0.2) is 28.9 Å². The zero-order valence-electron chi connectivity index (χ0n) is 12.5. The third-order valence-corrected chi connectivity index (χ3v) is 5.61. The number of rotatable bonds is 4. The van der Waals surface area contributed by atoms with E-state index in [9.17, 15) is 15.0 Å². The van der Waals surface area contributed by atoms with Crippen molar-refractivity contribution in [2.24, 2.45) is 0 Å². The molecule has 1 heterocycles. The van der Waals surface area contributed by atoms with Crippen LogP contribution in [0, 0.1) is 0 Å². The van der Waals surface area contributed by atoms with Gasteiger partial charge in [0.25, 0.3) is 0 Å². The molecule has 0 saturated heterocycles. The summed E-state index contributed by atoms with van der Waals surface area (Å²) >= 11 is 1.51. The molecule has 2 aromatic rings. The van der Waals surface area contributed by atoms with Crippen LogP contribution in [0.25, 0.3) is 10.1 Å². The van der Waals surface area contributed by atoms with Gasteiger partial charge in [-0.2, -0.15) is 0 Å². The summed E-state index contributed by atoms with van der Waals surface area (Å²) in [4.78, 5) is 11.9. The summed E-state index contributed by atoms with van der Waals surface area (Å²) in [6.45, 7) is 0. The standard InChI is InChI=1S/C17H20O4S/c1-21-11-5-6-14-12(9-11)13(10-22-14)15(16(18)19)17(20)7-3-2-4-8-17/h5-6,9-10,15,20H,2-4,7-8H2,1H3,(H,18,19). The van der Waals surface area contributed by atoms with E-state index in [4.69, 9.17) is 4.74 Å². The van der Waals surface area contributed by atoms with Crippen molar-refractivity contribution in [2.45, 2.75) is 43.6 Å². The van der Waals surface area contributed by atoms with E-state index in [1.807, 2.05) is 23.6 Å². The normalized spacial score (nSPS) is 19.0. The van der Waals surface area contributed by atoms with Gasteiger partial charge in [-0.3, -0.25) is 4.79 Å². The number of hydrogen-bond donors (Lipinski definition) is 2. The van der Waals surface area contributed by atoms with Crippen molar-refractivity contribution in [3.8, 4) is 5.75 Å². The highest BCUT2D eigenvalue weighted by atomic mass is 32.1. The second-order valence-electron chi connectivity index (χ2n) is 5.99. The molecule has 5 heteroatoms. The minimum absolute atomic E-state index is 0.547. The summed E-state index contributed by atoms with van der Waals surface area (Å²) < 4.78 is 6.27. The second kappa shape index (κ2) is 5.89. The molecule has 4 nitrogen and oxygen atoms in total. The fourth-order valence-electron chi connectivity index (χ4n) is 3.48. The van der Waals surface area contributed by atoms with Crippen molar-refractivity contribution in [1.82, 2.24) is 0 Å². The maximum atomic E-state index is 11.9. The Morgan fingerprint density at radius 2 is 2.05 bits per heavy atom. The number of aliphatic hydroxyl groups is 1. The van der Waals surface area contributed by atoms with Crippen molar-refractivity contribution in [1.29, 1.82) is 0 Å². The quantitative estimate of drug-likeness (QED) is 0.900. The van der Waals surface area contributed by atoms with Crippen molar-refractivity contribution in [3.63, 3.8) is 0 Å². The molecule has 2 N–H and O–H groups in total. The van der Waals surface area contributed by atoms with Gasteiger partial charge in [-0.1, -0.05) is 19.3 Å². The van der Waals surface area contributed by atoms with Crippen LogP contribution in [-0.2, 0) is 4.79 Å². The molecule has 118 valence electrons. The van der Waals surface area contributed by atoms with E-state index < -0.39 is 17.5 Å². The highest BCUT2D eigenvalue weighted by Crippen LogP contribution is 2.44. The Kier molecular flexibility index (Phi) is 4.10. The molecule has 22 heavy (non-hydrogen) atoms. The van der Waals surface area contributed by atoms with Crippen molar-refractivity contribution in [3.05, 3.63) is 29.1 Å². The fraction of sp³-hybridized carbons (Fsp3) is 0.471. The Balaban J connectivity index is 2.10. The minimum Gasteiger partial charge on any atom is -0.497 e. The average Bonchev–Trinajstić information content (AvgIpc) is 2.90. The molecule has 3 rings (SSSR count). The average molecular weight is 320 g/mol. The van der Waals surface area contributed by atoms with Gasteiger partial charge in [0, 0.05) is 10.1 Å². The van der Waals surface area contributed by atoms with Crippen LogP contribution in [0.15, 0.2) is 23.6 Å². The van der Waals surface area contributed by atoms with E-state index in [1.54, 1.807) is 7.11 Å². The highest BCUT2D eigenvalue weighted by molar-refractivity contribution is 7.17. The second-order valence-corrected chi connectivity index (χ2v) is 6.90. The van der Waals surface area contributed by atoms with Crippen molar-refractivity contribution >= 4 is 27.4 Å². The van der Waals surface area contributed by atoms with Gasteiger partial charge in [0.2, 0.25) is 0 Å². The SMILES string of the molecule is COc1ccc2scc(C(C(=O)O)C3(O)CCCCC3)c2c1. The Labute approximate surface area is 133 Å². The summed E-state index contributed by atoms with van der Waals surface area (Å²) in [6.07, 6.45) is 3.92. The van der Waals surface area contributed by atoms with Crippen LogP contribution in [0.1, 0.15) is 43.6 Å². The molecule has 1 saturated carbocycles. The Bertz CT molecular complexity index is 685. The zero-order chi connectivity index (χ0) is 15.7. The molecule has 1 aliphatic rings. The molecule has 0 bridgehead atoms. The van der Waals surface area contributed by atoms with E-state index in [1.165, 1.54) is 11.3 Å². The van der Waals surface area contributed by atoms with Crippen molar-refractivity contribution in [2.75, 3.05) is 7.11 Å². The third kappa shape index (κ3) is 2.59. The number of thiophene rings is 1. The monoisotopic (exact) mass is 320 g/mol. The number of methoxy groups -OCH3 is 1. The third-order valence-electron chi connectivity index (χ3n) is 4.63. The Morgan fingerprint density at radius 3 is 2.68 bits per heavy atom. The van der Waals surface area contributed by atoms with Gasteiger partial charge in [-0.25, -0.2) is 0 Å². The van der Waals surface area contributed by atoms with Gasteiger partial charge < -0.3 is 14.9 Å². The molecule has 0 radical (unpaired) electrons. The molecule has 1 aromatic carbocycles. The number of ether oxygens (including phenoxy) is 1. The molecule has 1 fully saturated rings. The Morgan fingerprint density at radius 1 is 1.32 bits per heavy atom. The smallest absolute Gasteiger partial charge is 0.313 e. The first-order valence-corrected chi connectivity index (χ1v) is 8.43. The maximum absolute atomic E-state index is 11.9. The summed E-state index contributed by atoms with van der Waals surface area (Å²) in [6, 6.07) is 5.67. The van der Waals surface area contributed by atoms with Crippen LogP contribution in [0.3, 0.4) is 0 Å². The number of fused-ring (bicyclic) bond motifs is 1. The number of hydrogen-bond acceptors (Lipinski definition) is 4. The lowest BCUT2D eigenvalue weighted by Gasteiger charge is -2.37. The van der Waals surface area contributed by atoms with Crippen LogP contribution in [0.5, 0.6) is 5.75 Å². The molecule has 1 aliphatic carbocycles.